The van der Waals surface area contributed by atoms with E-state index in [0.29, 0.717) is 13.0 Å². The highest BCUT2D eigenvalue weighted by molar-refractivity contribution is 6.01. The van der Waals surface area contributed by atoms with E-state index in [-0.39, 0.29) is 11.5 Å². The van der Waals surface area contributed by atoms with Crippen molar-refractivity contribution in [1.29, 1.82) is 5.26 Å². The number of ether oxygens (including phenoxy) is 1. The van der Waals surface area contributed by atoms with Crippen LogP contribution in [0.25, 0.3) is 6.08 Å². The third-order valence-corrected chi connectivity index (χ3v) is 5.89. The number of nitrogens with one attached hydrogen (secondary N) is 1. The molecule has 0 unspecified atom stereocenters. The Morgan fingerprint density at radius 2 is 1.83 bits per heavy atom. The first-order valence-corrected chi connectivity index (χ1v) is 10.6. The standard InChI is InChI=1S/C25H27N3O2/c1-30-23-8-6-18(7-9-23)10-11-27-25(29)22(17-26)16-19-14-20-4-2-12-28-13-3-5-21(15-19)24(20)28/h6-9,14-16H,2-5,10-13H2,1H3,(H,27,29)/b22-16-. The fraction of sp³-hybridized carbons (Fsp3) is 0.360. The van der Waals surface area contributed by atoms with Gasteiger partial charge in [0.2, 0.25) is 0 Å². The van der Waals surface area contributed by atoms with Crippen molar-refractivity contribution in [3.63, 3.8) is 0 Å². The third-order valence-electron chi connectivity index (χ3n) is 5.89. The monoisotopic (exact) mass is 401 g/mol. The molecule has 0 atom stereocenters. The lowest BCUT2D eigenvalue weighted by molar-refractivity contribution is -0.117. The van der Waals surface area contributed by atoms with E-state index in [1.807, 2.05) is 24.3 Å². The van der Waals surface area contributed by atoms with Crippen LogP contribution in [0.1, 0.15) is 35.1 Å². The largest absolute Gasteiger partial charge is 0.497 e. The number of hydrogen-bond donors (Lipinski definition) is 1. The fourth-order valence-electron chi connectivity index (χ4n) is 4.44. The van der Waals surface area contributed by atoms with Gasteiger partial charge in [-0.3, -0.25) is 4.79 Å². The predicted molar refractivity (Wildman–Crippen MR) is 119 cm³/mol. The number of amides is 1. The second kappa shape index (κ2) is 9.04. The van der Waals surface area contributed by atoms with Crippen molar-refractivity contribution in [2.45, 2.75) is 32.1 Å². The highest BCUT2D eigenvalue weighted by Crippen LogP contribution is 2.36. The Morgan fingerprint density at radius 1 is 1.17 bits per heavy atom. The summed E-state index contributed by atoms with van der Waals surface area (Å²) in [7, 11) is 1.64. The highest BCUT2D eigenvalue weighted by Gasteiger charge is 2.24. The minimum absolute atomic E-state index is 0.153. The van der Waals surface area contributed by atoms with E-state index < -0.39 is 0 Å². The minimum atomic E-state index is -0.320. The number of aryl methyl sites for hydroxylation is 2. The Labute approximate surface area is 178 Å². The number of carbonyl (C=O) groups is 1. The van der Waals surface area contributed by atoms with Crippen molar-refractivity contribution in [1.82, 2.24) is 5.32 Å². The van der Waals surface area contributed by atoms with Crippen molar-refractivity contribution in [2.24, 2.45) is 0 Å². The average Bonchev–Trinajstić information content (AvgIpc) is 2.78. The number of benzene rings is 2. The normalized spacial score (nSPS) is 15.2. The Hall–Kier alpha value is -3.26. The van der Waals surface area contributed by atoms with Crippen molar-refractivity contribution in [3.05, 3.63) is 64.2 Å². The van der Waals surface area contributed by atoms with Crippen LogP contribution in [0, 0.1) is 11.3 Å². The van der Waals surface area contributed by atoms with Gasteiger partial charge in [0.15, 0.2) is 0 Å². The number of rotatable bonds is 6. The molecule has 2 aromatic rings. The summed E-state index contributed by atoms with van der Waals surface area (Å²) < 4.78 is 5.16. The van der Waals surface area contributed by atoms with Gasteiger partial charge < -0.3 is 15.0 Å². The molecule has 0 aliphatic carbocycles. The SMILES string of the molecule is COc1ccc(CCNC(=O)/C(C#N)=C\c2cc3c4c(c2)CCCN4CCC3)cc1. The van der Waals surface area contributed by atoms with Gasteiger partial charge in [-0.05, 0) is 84.7 Å². The lowest BCUT2D eigenvalue weighted by Gasteiger charge is -2.37. The molecule has 2 aromatic carbocycles. The molecule has 5 nitrogen and oxygen atoms in total. The van der Waals surface area contributed by atoms with Gasteiger partial charge in [-0.25, -0.2) is 0 Å². The Balaban J connectivity index is 1.44. The topological polar surface area (TPSA) is 65.4 Å². The van der Waals surface area contributed by atoms with Crippen molar-refractivity contribution < 1.29 is 9.53 Å². The zero-order chi connectivity index (χ0) is 20.9. The number of carbonyl (C=O) groups excluding carboxylic acids is 1. The molecule has 154 valence electrons. The Kier molecular flexibility index (Phi) is 6.04. The van der Waals surface area contributed by atoms with E-state index in [1.165, 1.54) is 16.8 Å². The minimum Gasteiger partial charge on any atom is -0.497 e. The number of methoxy groups -OCH3 is 1. The first-order chi connectivity index (χ1) is 14.7. The molecule has 2 heterocycles. The molecule has 0 spiro atoms. The third kappa shape index (κ3) is 4.33. The highest BCUT2D eigenvalue weighted by atomic mass is 16.5. The Bertz CT molecular complexity index is 971. The van der Waals surface area contributed by atoms with Crippen LogP contribution in [0.5, 0.6) is 5.75 Å². The molecule has 0 bridgehead atoms. The lowest BCUT2D eigenvalue weighted by atomic mass is 9.89. The summed E-state index contributed by atoms with van der Waals surface area (Å²) in [6, 6.07) is 14.1. The van der Waals surface area contributed by atoms with Gasteiger partial charge in [0, 0.05) is 25.3 Å². The summed E-state index contributed by atoms with van der Waals surface area (Å²) in [6.45, 7) is 2.75. The van der Waals surface area contributed by atoms with Crippen LogP contribution in [0.4, 0.5) is 5.69 Å². The molecule has 1 amide bonds. The summed E-state index contributed by atoms with van der Waals surface area (Å²) in [5, 5.41) is 12.4. The molecule has 5 heteroatoms. The molecule has 1 N–H and O–H groups in total. The zero-order valence-corrected chi connectivity index (χ0v) is 17.4. The summed E-state index contributed by atoms with van der Waals surface area (Å²) in [5.74, 6) is 0.490. The number of nitrogens with zero attached hydrogens (tertiary/aromatic N) is 2. The smallest absolute Gasteiger partial charge is 0.261 e. The summed E-state index contributed by atoms with van der Waals surface area (Å²) in [6.07, 6.45) is 6.89. The van der Waals surface area contributed by atoms with E-state index >= 15 is 0 Å². The van der Waals surface area contributed by atoms with Gasteiger partial charge in [0.1, 0.15) is 17.4 Å². The predicted octanol–water partition coefficient (Wildman–Crippen LogP) is 3.66. The Morgan fingerprint density at radius 3 is 2.43 bits per heavy atom. The van der Waals surface area contributed by atoms with Gasteiger partial charge in [0.25, 0.3) is 5.91 Å². The van der Waals surface area contributed by atoms with Crippen LogP contribution in [-0.4, -0.2) is 32.7 Å². The molecule has 4 rings (SSSR count). The van der Waals surface area contributed by atoms with E-state index in [9.17, 15) is 10.1 Å². The second-order valence-corrected chi connectivity index (χ2v) is 7.91. The number of hydrogen-bond acceptors (Lipinski definition) is 4. The van der Waals surface area contributed by atoms with Crippen LogP contribution in [0.3, 0.4) is 0 Å². The number of anilines is 1. The van der Waals surface area contributed by atoms with Crippen LogP contribution < -0.4 is 15.0 Å². The first kappa shape index (κ1) is 20.0. The summed E-state index contributed by atoms with van der Waals surface area (Å²) >= 11 is 0. The maximum Gasteiger partial charge on any atom is 0.261 e. The van der Waals surface area contributed by atoms with E-state index in [1.54, 1.807) is 13.2 Å². The maximum atomic E-state index is 12.5. The molecule has 0 saturated carbocycles. The van der Waals surface area contributed by atoms with Crippen LogP contribution in [0.15, 0.2) is 42.0 Å². The second-order valence-electron chi connectivity index (χ2n) is 7.91. The lowest BCUT2D eigenvalue weighted by Crippen LogP contribution is -2.34. The van der Waals surface area contributed by atoms with E-state index in [4.69, 9.17) is 4.74 Å². The molecule has 2 aliphatic heterocycles. The first-order valence-electron chi connectivity index (χ1n) is 10.6. The van der Waals surface area contributed by atoms with Crippen molar-refractivity contribution >= 4 is 17.7 Å². The maximum absolute atomic E-state index is 12.5. The molecule has 2 aliphatic rings. The molecule has 0 radical (unpaired) electrons. The van der Waals surface area contributed by atoms with Crippen LogP contribution in [0.2, 0.25) is 0 Å². The van der Waals surface area contributed by atoms with Gasteiger partial charge >= 0.3 is 0 Å². The quantitative estimate of drug-likeness (QED) is 0.593. The molecular weight excluding hydrogens is 374 g/mol. The van der Waals surface area contributed by atoms with Gasteiger partial charge in [-0.2, -0.15) is 5.26 Å². The molecular formula is C25H27N3O2. The van der Waals surface area contributed by atoms with E-state index in [0.717, 1.165) is 55.6 Å². The van der Waals surface area contributed by atoms with Gasteiger partial charge in [-0.15, -0.1) is 0 Å². The van der Waals surface area contributed by atoms with Crippen LogP contribution in [-0.2, 0) is 24.1 Å². The summed E-state index contributed by atoms with van der Waals surface area (Å²) in [4.78, 5) is 15.0. The molecule has 0 fully saturated rings. The van der Waals surface area contributed by atoms with Crippen LogP contribution >= 0.6 is 0 Å². The molecule has 30 heavy (non-hydrogen) atoms. The van der Waals surface area contributed by atoms with Crippen molar-refractivity contribution in [2.75, 3.05) is 31.6 Å². The number of nitriles is 1. The van der Waals surface area contributed by atoms with Gasteiger partial charge in [-0.1, -0.05) is 12.1 Å². The zero-order valence-electron chi connectivity index (χ0n) is 17.4. The fourth-order valence-corrected chi connectivity index (χ4v) is 4.44. The van der Waals surface area contributed by atoms with Gasteiger partial charge in [0.05, 0.1) is 7.11 Å². The van der Waals surface area contributed by atoms with Crippen molar-refractivity contribution in [3.8, 4) is 11.8 Å². The average molecular weight is 402 g/mol. The van der Waals surface area contributed by atoms with E-state index in [2.05, 4.69) is 28.4 Å². The summed E-state index contributed by atoms with van der Waals surface area (Å²) in [5.41, 5.74) is 6.31. The molecule has 0 saturated heterocycles. The molecule has 0 aromatic heterocycles.